The highest BCUT2D eigenvalue weighted by molar-refractivity contribution is 8.15. The van der Waals surface area contributed by atoms with Gasteiger partial charge in [0.1, 0.15) is 11.1 Å². The number of amidine groups is 1. The number of amides is 2. The van der Waals surface area contributed by atoms with Crippen molar-refractivity contribution in [3.8, 4) is 0 Å². The van der Waals surface area contributed by atoms with Gasteiger partial charge in [0, 0.05) is 18.7 Å². The Labute approximate surface area is 136 Å². The molecule has 1 aliphatic heterocycles. The Kier molecular flexibility index (Phi) is 5.79. The first kappa shape index (κ1) is 16.8. The number of thioether (sulfide) groups is 1. The summed E-state index contributed by atoms with van der Waals surface area (Å²) in [6.07, 6.45) is 0.896. The normalized spacial score (nSPS) is 19.3. The van der Waals surface area contributed by atoms with Crippen molar-refractivity contribution < 1.29 is 14.0 Å². The molecular weight excluding hydrogens is 329 g/mol. The number of carbonyl (C=O) groups is 2. The zero-order chi connectivity index (χ0) is 16.1. The van der Waals surface area contributed by atoms with Gasteiger partial charge in [-0.3, -0.25) is 14.6 Å². The van der Waals surface area contributed by atoms with Gasteiger partial charge in [-0.1, -0.05) is 30.3 Å². The first-order valence-corrected chi connectivity index (χ1v) is 8.02. The Morgan fingerprint density at radius 1 is 1.55 bits per heavy atom. The molecule has 0 aliphatic carbocycles. The number of nitrogens with zero attached hydrogens (tertiary/aromatic N) is 1. The summed E-state index contributed by atoms with van der Waals surface area (Å²) in [5.74, 6) is -1.12. The lowest BCUT2D eigenvalue weighted by molar-refractivity contribution is -0.122. The van der Waals surface area contributed by atoms with Crippen LogP contribution in [-0.2, 0) is 9.59 Å². The van der Waals surface area contributed by atoms with Crippen LogP contribution in [0.2, 0.25) is 5.02 Å². The molecule has 2 rings (SSSR count). The standard InChI is InChI=1S/C14H15ClFN3O2S/c1-2-5-17-14-19-13(21)11(22-14)7-12(20)18-8-3-4-10(16)9(15)6-8/h3-4,6,11H,2,5,7H2,1H3,(H,18,20)(H,17,19,21)/t11-/m1/s1. The zero-order valence-corrected chi connectivity index (χ0v) is 13.4. The van der Waals surface area contributed by atoms with Gasteiger partial charge in [-0.05, 0) is 24.6 Å². The highest BCUT2D eigenvalue weighted by Crippen LogP contribution is 2.24. The average Bonchev–Trinajstić information content (AvgIpc) is 2.81. The second-order valence-electron chi connectivity index (χ2n) is 4.66. The van der Waals surface area contributed by atoms with E-state index in [2.05, 4.69) is 15.6 Å². The summed E-state index contributed by atoms with van der Waals surface area (Å²) in [4.78, 5) is 27.9. The maximum Gasteiger partial charge on any atom is 0.240 e. The van der Waals surface area contributed by atoms with Crippen LogP contribution in [0.5, 0.6) is 0 Å². The number of rotatable bonds is 5. The van der Waals surface area contributed by atoms with Gasteiger partial charge in [-0.15, -0.1) is 0 Å². The van der Waals surface area contributed by atoms with Crippen LogP contribution in [0.1, 0.15) is 19.8 Å². The van der Waals surface area contributed by atoms with Crippen LogP contribution in [0, 0.1) is 5.82 Å². The van der Waals surface area contributed by atoms with Crippen LogP contribution >= 0.6 is 23.4 Å². The minimum absolute atomic E-state index is 0.0106. The molecule has 2 amide bonds. The van der Waals surface area contributed by atoms with E-state index in [0.29, 0.717) is 17.4 Å². The van der Waals surface area contributed by atoms with Crippen molar-refractivity contribution in [2.45, 2.75) is 25.0 Å². The van der Waals surface area contributed by atoms with Crippen molar-refractivity contribution in [2.24, 2.45) is 4.99 Å². The van der Waals surface area contributed by atoms with Crippen LogP contribution in [0.25, 0.3) is 0 Å². The molecule has 1 aliphatic rings. The highest BCUT2D eigenvalue weighted by atomic mass is 35.5. The van der Waals surface area contributed by atoms with Gasteiger partial charge in [0.05, 0.1) is 5.02 Å². The van der Waals surface area contributed by atoms with Crippen molar-refractivity contribution in [3.63, 3.8) is 0 Å². The Balaban J connectivity index is 1.92. The molecule has 0 radical (unpaired) electrons. The molecule has 2 N–H and O–H groups in total. The van der Waals surface area contributed by atoms with Gasteiger partial charge in [0.15, 0.2) is 5.17 Å². The van der Waals surface area contributed by atoms with E-state index < -0.39 is 11.1 Å². The minimum atomic E-state index is -0.554. The van der Waals surface area contributed by atoms with Crippen LogP contribution in [-0.4, -0.2) is 28.8 Å². The van der Waals surface area contributed by atoms with E-state index in [0.717, 1.165) is 6.42 Å². The summed E-state index contributed by atoms with van der Waals surface area (Å²) in [6.45, 7) is 2.62. The smallest absolute Gasteiger partial charge is 0.240 e. The third kappa shape index (κ3) is 4.45. The van der Waals surface area contributed by atoms with E-state index >= 15 is 0 Å². The molecule has 8 heteroatoms. The molecule has 118 valence electrons. The fourth-order valence-corrected chi connectivity index (χ4v) is 2.96. The van der Waals surface area contributed by atoms with Gasteiger partial charge in [-0.2, -0.15) is 0 Å². The number of nitrogens with one attached hydrogen (secondary N) is 2. The molecule has 1 saturated heterocycles. The molecule has 1 heterocycles. The summed E-state index contributed by atoms with van der Waals surface area (Å²) in [5.41, 5.74) is 0.389. The highest BCUT2D eigenvalue weighted by Gasteiger charge is 2.31. The summed E-state index contributed by atoms with van der Waals surface area (Å²) < 4.78 is 13.0. The number of halogens is 2. The van der Waals surface area contributed by atoms with Gasteiger partial charge < -0.3 is 10.6 Å². The van der Waals surface area contributed by atoms with Gasteiger partial charge in [0.25, 0.3) is 0 Å². The first-order chi connectivity index (χ1) is 10.5. The fourth-order valence-electron chi connectivity index (χ4n) is 1.78. The van der Waals surface area contributed by atoms with E-state index in [9.17, 15) is 14.0 Å². The molecule has 0 unspecified atom stereocenters. The molecule has 1 atom stereocenters. The first-order valence-electron chi connectivity index (χ1n) is 6.76. The second-order valence-corrected chi connectivity index (χ2v) is 6.26. The topological polar surface area (TPSA) is 70.6 Å². The molecule has 0 aromatic heterocycles. The Morgan fingerprint density at radius 3 is 3.00 bits per heavy atom. The van der Waals surface area contributed by atoms with Gasteiger partial charge in [-0.25, -0.2) is 4.39 Å². The van der Waals surface area contributed by atoms with Gasteiger partial charge >= 0.3 is 0 Å². The predicted octanol–water partition coefficient (Wildman–Crippen LogP) is 2.81. The SMILES string of the molecule is CCCN=C1NC(=O)[C@@H](CC(=O)Nc2ccc(F)c(Cl)c2)S1. The summed E-state index contributed by atoms with van der Waals surface area (Å²) in [7, 11) is 0. The van der Waals surface area contributed by atoms with Crippen LogP contribution in [0.15, 0.2) is 23.2 Å². The Hall–Kier alpha value is -1.60. The molecule has 0 saturated carbocycles. The maximum absolute atomic E-state index is 13.0. The number of aliphatic imine (C=N–C) groups is 1. The summed E-state index contributed by atoms with van der Waals surface area (Å²) in [5, 5.41) is 5.21. The zero-order valence-electron chi connectivity index (χ0n) is 11.9. The lowest BCUT2D eigenvalue weighted by Gasteiger charge is -2.08. The third-order valence-corrected chi connectivity index (χ3v) is 4.24. The monoisotopic (exact) mass is 343 g/mol. The summed E-state index contributed by atoms with van der Waals surface area (Å²) in [6, 6.07) is 3.91. The molecule has 0 spiro atoms. The quantitative estimate of drug-likeness (QED) is 0.863. The number of benzene rings is 1. The van der Waals surface area contributed by atoms with Crippen molar-refractivity contribution in [3.05, 3.63) is 29.0 Å². The van der Waals surface area contributed by atoms with Crippen LogP contribution in [0.4, 0.5) is 10.1 Å². The van der Waals surface area contributed by atoms with Crippen molar-refractivity contribution >= 4 is 46.0 Å². The van der Waals surface area contributed by atoms with E-state index in [-0.39, 0.29) is 23.3 Å². The maximum atomic E-state index is 13.0. The fraction of sp³-hybridized carbons (Fsp3) is 0.357. The van der Waals surface area contributed by atoms with E-state index in [1.807, 2.05) is 6.92 Å². The summed E-state index contributed by atoms with van der Waals surface area (Å²) >= 11 is 6.89. The largest absolute Gasteiger partial charge is 0.326 e. The van der Waals surface area contributed by atoms with E-state index in [1.165, 1.54) is 30.0 Å². The molecule has 22 heavy (non-hydrogen) atoms. The average molecular weight is 344 g/mol. The molecule has 1 aromatic rings. The third-order valence-electron chi connectivity index (χ3n) is 2.83. The molecule has 0 bridgehead atoms. The Bertz CT molecular complexity index is 624. The molecule has 1 aromatic carbocycles. The van der Waals surface area contributed by atoms with Gasteiger partial charge in [0.2, 0.25) is 11.8 Å². The van der Waals surface area contributed by atoms with Crippen molar-refractivity contribution in [2.75, 3.05) is 11.9 Å². The number of hydrogen-bond acceptors (Lipinski definition) is 4. The number of carbonyl (C=O) groups excluding carboxylic acids is 2. The van der Waals surface area contributed by atoms with Crippen LogP contribution < -0.4 is 10.6 Å². The number of anilines is 1. The van der Waals surface area contributed by atoms with Crippen molar-refractivity contribution in [1.29, 1.82) is 0 Å². The lowest BCUT2D eigenvalue weighted by atomic mass is 10.2. The molecule has 1 fully saturated rings. The van der Waals surface area contributed by atoms with Crippen molar-refractivity contribution in [1.82, 2.24) is 5.32 Å². The Morgan fingerprint density at radius 2 is 2.32 bits per heavy atom. The van der Waals surface area contributed by atoms with E-state index in [1.54, 1.807) is 0 Å². The van der Waals surface area contributed by atoms with Crippen LogP contribution in [0.3, 0.4) is 0 Å². The second kappa shape index (κ2) is 7.60. The minimum Gasteiger partial charge on any atom is -0.326 e. The number of hydrogen-bond donors (Lipinski definition) is 2. The molecular formula is C14H15ClFN3O2S. The molecule has 5 nitrogen and oxygen atoms in total. The lowest BCUT2D eigenvalue weighted by Crippen LogP contribution is -2.28. The van der Waals surface area contributed by atoms with E-state index in [4.69, 9.17) is 11.6 Å². The predicted molar refractivity (Wildman–Crippen MR) is 86.8 cm³/mol.